The van der Waals surface area contributed by atoms with Crippen LogP contribution in [-0.2, 0) is 16.8 Å². The number of carbonyl (C=O) groups excluding carboxylic acids is 4. The Bertz CT molecular complexity index is 2270. The van der Waals surface area contributed by atoms with Gasteiger partial charge in [0.05, 0.1) is 11.1 Å². The Morgan fingerprint density at radius 2 is 1.14 bits per heavy atom. The number of benzene rings is 5. The highest BCUT2D eigenvalue weighted by Gasteiger charge is 2.56. The Hall–Kier alpha value is -6.42. The molecule has 0 radical (unpaired) electrons. The summed E-state index contributed by atoms with van der Waals surface area (Å²) in [5.41, 5.74) is 5.42. The molecule has 1 spiro atoms. The number of carbonyl (C=O) groups is 4. The van der Waals surface area contributed by atoms with Crippen molar-refractivity contribution in [2.45, 2.75) is 45.7 Å². The van der Waals surface area contributed by atoms with Crippen LogP contribution in [0.2, 0.25) is 0 Å². The quantitative estimate of drug-likeness (QED) is 0.126. The van der Waals surface area contributed by atoms with E-state index in [2.05, 4.69) is 79.2 Å². The maximum absolute atomic E-state index is 14.8. The molecule has 0 aromatic heterocycles. The maximum Gasteiger partial charge on any atom is 0.262 e. The zero-order valence-corrected chi connectivity index (χ0v) is 32.8. The van der Waals surface area contributed by atoms with Gasteiger partial charge in [0.25, 0.3) is 17.7 Å². The molecule has 0 saturated carbocycles. The minimum atomic E-state index is -1.11. The highest BCUT2D eigenvalue weighted by molar-refractivity contribution is 6.22. The molecule has 10 heteroatoms. The number of rotatable bonds is 13. The summed E-state index contributed by atoms with van der Waals surface area (Å²) >= 11 is 0. The van der Waals surface area contributed by atoms with E-state index in [4.69, 9.17) is 4.74 Å². The second kappa shape index (κ2) is 15.3. The van der Waals surface area contributed by atoms with Crippen molar-refractivity contribution in [3.05, 3.63) is 154 Å². The molecule has 5 aromatic carbocycles. The first kappa shape index (κ1) is 37.5. The molecular weight excluding hydrogens is 715 g/mol. The van der Waals surface area contributed by atoms with Crippen molar-refractivity contribution in [3.8, 4) is 11.5 Å². The van der Waals surface area contributed by atoms with Crippen LogP contribution in [0.1, 0.15) is 81.0 Å². The Labute approximate surface area is 333 Å². The fraction of sp³-hybridized carbons (Fsp3) is 0.277. The summed E-state index contributed by atoms with van der Waals surface area (Å²) in [6.07, 6.45) is 0.137. The van der Waals surface area contributed by atoms with E-state index in [0.717, 1.165) is 64.7 Å². The Morgan fingerprint density at radius 1 is 0.632 bits per heavy atom. The number of nitrogens with zero attached hydrogens (tertiary/aromatic N) is 4. The number of nitrogens with one attached hydrogen (secondary N) is 1. The molecule has 5 aromatic rings. The van der Waals surface area contributed by atoms with Crippen LogP contribution in [0.5, 0.6) is 11.5 Å². The number of hydrogen-bond donors (Lipinski definition) is 1. The molecule has 0 saturated heterocycles. The van der Waals surface area contributed by atoms with Crippen molar-refractivity contribution in [2.75, 3.05) is 49.1 Å². The SMILES string of the molecule is CCN(CC)c1ccc2c(c1)Oc1cc(N(CC)CC)ccc1C21c2ccccc2C(=O)N1CCNC(=O)C(Cc1ccccc1)N1C(=O)c2ccccc2C1=O. The predicted molar refractivity (Wildman–Crippen MR) is 221 cm³/mol. The van der Waals surface area contributed by atoms with Crippen LogP contribution in [0.4, 0.5) is 11.4 Å². The molecule has 1 atom stereocenters. The van der Waals surface area contributed by atoms with E-state index in [0.29, 0.717) is 17.1 Å². The van der Waals surface area contributed by atoms with Gasteiger partial charge in [0.2, 0.25) is 5.91 Å². The predicted octanol–water partition coefficient (Wildman–Crippen LogP) is 7.26. The van der Waals surface area contributed by atoms with Gasteiger partial charge in [0.15, 0.2) is 0 Å². The largest absolute Gasteiger partial charge is 0.456 e. The molecule has 57 heavy (non-hydrogen) atoms. The van der Waals surface area contributed by atoms with Gasteiger partial charge >= 0.3 is 0 Å². The van der Waals surface area contributed by atoms with Crippen LogP contribution in [0, 0.1) is 0 Å². The highest BCUT2D eigenvalue weighted by atomic mass is 16.5. The van der Waals surface area contributed by atoms with Crippen LogP contribution in [0.3, 0.4) is 0 Å². The minimum absolute atomic E-state index is 0.0648. The van der Waals surface area contributed by atoms with Crippen molar-refractivity contribution in [2.24, 2.45) is 0 Å². The fourth-order valence-corrected chi connectivity index (χ4v) is 8.94. The first-order valence-electron chi connectivity index (χ1n) is 19.9. The first-order valence-corrected chi connectivity index (χ1v) is 19.9. The van der Waals surface area contributed by atoms with E-state index in [1.807, 2.05) is 59.5 Å². The van der Waals surface area contributed by atoms with Crippen LogP contribution in [0.15, 0.2) is 115 Å². The summed E-state index contributed by atoms with van der Waals surface area (Å²) in [6.45, 7) is 12.0. The van der Waals surface area contributed by atoms with E-state index in [-0.39, 0.29) is 36.5 Å². The van der Waals surface area contributed by atoms with Gasteiger partial charge in [0.1, 0.15) is 23.1 Å². The van der Waals surface area contributed by atoms with Gasteiger partial charge in [-0.15, -0.1) is 0 Å². The molecular formula is C47H47N5O5. The highest BCUT2D eigenvalue weighted by Crippen LogP contribution is 2.58. The number of fused-ring (bicyclic) bond motifs is 7. The lowest BCUT2D eigenvalue weighted by atomic mass is 9.74. The Balaban J connectivity index is 1.18. The summed E-state index contributed by atoms with van der Waals surface area (Å²) in [6, 6.07) is 35.1. The van der Waals surface area contributed by atoms with Crippen LogP contribution in [-0.4, -0.2) is 78.7 Å². The van der Waals surface area contributed by atoms with Gasteiger partial charge in [0, 0.05) is 85.9 Å². The van der Waals surface area contributed by atoms with Crippen LogP contribution in [0.25, 0.3) is 0 Å². The molecule has 3 heterocycles. The number of anilines is 2. The average molecular weight is 762 g/mol. The summed E-state index contributed by atoms with van der Waals surface area (Å²) < 4.78 is 6.83. The van der Waals surface area contributed by atoms with E-state index in [9.17, 15) is 19.2 Å². The average Bonchev–Trinajstić information content (AvgIpc) is 3.64. The van der Waals surface area contributed by atoms with Gasteiger partial charge < -0.3 is 24.8 Å². The third kappa shape index (κ3) is 6.11. The maximum atomic E-state index is 14.8. The van der Waals surface area contributed by atoms with Crippen LogP contribution >= 0.6 is 0 Å². The van der Waals surface area contributed by atoms with Gasteiger partial charge in [-0.05, 0) is 69.2 Å². The second-order valence-electron chi connectivity index (χ2n) is 14.5. The van der Waals surface area contributed by atoms with Gasteiger partial charge in [-0.2, -0.15) is 0 Å². The van der Waals surface area contributed by atoms with Gasteiger partial charge in [-0.3, -0.25) is 24.1 Å². The smallest absolute Gasteiger partial charge is 0.262 e. The van der Waals surface area contributed by atoms with Crippen molar-refractivity contribution in [1.82, 2.24) is 15.1 Å². The summed E-state index contributed by atoms with van der Waals surface area (Å²) in [5.74, 6) is -0.322. The molecule has 290 valence electrons. The number of amides is 4. The van der Waals surface area contributed by atoms with Crippen molar-refractivity contribution in [1.29, 1.82) is 0 Å². The zero-order valence-electron chi connectivity index (χ0n) is 32.8. The molecule has 1 unspecified atom stereocenters. The number of imide groups is 1. The van der Waals surface area contributed by atoms with Gasteiger partial charge in [-0.25, -0.2) is 0 Å². The second-order valence-corrected chi connectivity index (χ2v) is 14.5. The van der Waals surface area contributed by atoms with E-state index < -0.39 is 29.3 Å². The first-order chi connectivity index (χ1) is 27.8. The lowest BCUT2D eigenvalue weighted by molar-refractivity contribution is -0.125. The van der Waals surface area contributed by atoms with E-state index in [1.165, 1.54) is 0 Å². The summed E-state index contributed by atoms with van der Waals surface area (Å²) in [7, 11) is 0. The Kier molecular flexibility index (Phi) is 10.0. The van der Waals surface area contributed by atoms with Crippen LogP contribution < -0.4 is 19.9 Å². The molecule has 0 fully saturated rings. The number of ether oxygens (including phenoxy) is 1. The van der Waals surface area contributed by atoms with Gasteiger partial charge in [-0.1, -0.05) is 72.8 Å². The molecule has 1 N–H and O–H groups in total. The standard InChI is InChI=1S/C47H47N5O5/c1-5-49(6-2)32-22-24-38-41(29-32)57-42-30-33(50(7-3)8-4)23-25-39(42)47(38)37-21-15-14-20-36(37)44(54)51(47)27-26-48-43(53)40(28-31-16-10-9-11-17-31)52-45(55)34-18-12-13-19-35(34)46(52)56/h9-25,29-30,40H,5-8,26-28H2,1-4H3,(H,48,53). The molecule has 0 bridgehead atoms. The number of hydrogen-bond acceptors (Lipinski definition) is 7. The molecule has 10 nitrogen and oxygen atoms in total. The lowest BCUT2D eigenvalue weighted by Crippen LogP contribution is -2.53. The normalized spacial score (nSPS) is 15.1. The molecule has 0 aliphatic carbocycles. The zero-order chi connectivity index (χ0) is 39.8. The third-order valence-corrected chi connectivity index (χ3v) is 11.7. The monoisotopic (exact) mass is 761 g/mol. The molecule has 8 rings (SSSR count). The van der Waals surface area contributed by atoms with Crippen molar-refractivity contribution in [3.63, 3.8) is 0 Å². The van der Waals surface area contributed by atoms with Crippen molar-refractivity contribution >= 4 is 35.0 Å². The van der Waals surface area contributed by atoms with E-state index >= 15 is 0 Å². The lowest BCUT2D eigenvalue weighted by Gasteiger charge is -2.45. The summed E-state index contributed by atoms with van der Waals surface area (Å²) in [4.78, 5) is 63.9. The Morgan fingerprint density at radius 3 is 1.68 bits per heavy atom. The molecule has 4 amide bonds. The fourth-order valence-electron chi connectivity index (χ4n) is 8.94. The van der Waals surface area contributed by atoms with Crippen molar-refractivity contribution < 1.29 is 23.9 Å². The molecule has 3 aliphatic rings. The minimum Gasteiger partial charge on any atom is -0.456 e. The van der Waals surface area contributed by atoms with E-state index in [1.54, 1.807) is 24.3 Å². The summed E-state index contributed by atoms with van der Waals surface area (Å²) in [5, 5.41) is 3.05. The topological polar surface area (TPSA) is 102 Å². The third-order valence-electron chi connectivity index (χ3n) is 11.7. The molecule has 3 aliphatic heterocycles.